The molecule has 0 aliphatic rings. The Kier molecular flexibility index (Phi) is 12.9. The van der Waals surface area contributed by atoms with E-state index in [-0.39, 0.29) is 0 Å². The molecule has 0 bridgehead atoms. The molecule has 0 aliphatic carbocycles. The Morgan fingerprint density at radius 2 is 1.40 bits per heavy atom. The number of hydrogen-bond donors (Lipinski definition) is 0. The first-order valence-electron chi connectivity index (χ1n) is 5.11. The van der Waals surface area contributed by atoms with Crippen molar-refractivity contribution in [1.82, 2.24) is 0 Å². The van der Waals surface area contributed by atoms with Crippen molar-refractivity contribution >= 4 is 23.2 Å². The molecular formula is C10H20Cl2O3. The number of ether oxygens (including phenoxy) is 3. The summed E-state index contributed by atoms with van der Waals surface area (Å²) >= 11 is 11.4. The van der Waals surface area contributed by atoms with Crippen LogP contribution in [0, 0.1) is 5.92 Å². The minimum absolute atomic E-state index is 0.350. The Morgan fingerprint density at radius 1 is 0.867 bits per heavy atom. The zero-order valence-electron chi connectivity index (χ0n) is 9.21. The van der Waals surface area contributed by atoms with Gasteiger partial charge in [0.05, 0.1) is 26.4 Å². The first-order chi connectivity index (χ1) is 7.35. The zero-order chi connectivity index (χ0) is 11.4. The van der Waals surface area contributed by atoms with Gasteiger partial charge in [-0.15, -0.1) is 23.2 Å². The maximum atomic E-state index is 5.69. The van der Waals surface area contributed by atoms with Crippen LogP contribution in [0.4, 0.5) is 0 Å². The highest BCUT2D eigenvalue weighted by atomic mass is 35.5. The molecule has 92 valence electrons. The van der Waals surface area contributed by atoms with Crippen LogP contribution in [0.25, 0.3) is 0 Å². The first-order valence-corrected chi connectivity index (χ1v) is 6.18. The highest BCUT2D eigenvalue weighted by Crippen LogP contribution is 2.07. The maximum Gasteiger partial charge on any atom is 0.0701 e. The van der Waals surface area contributed by atoms with Gasteiger partial charge in [0.15, 0.2) is 0 Å². The fraction of sp³-hybridized carbons (Fsp3) is 1.00. The van der Waals surface area contributed by atoms with Crippen LogP contribution in [0.2, 0.25) is 0 Å². The molecular weight excluding hydrogens is 239 g/mol. The normalized spacial score (nSPS) is 11.2. The van der Waals surface area contributed by atoms with Crippen LogP contribution in [-0.4, -0.2) is 51.9 Å². The summed E-state index contributed by atoms with van der Waals surface area (Å²) in [7, 11) is 1.65. The summed E-state index contributed by atoms with van der Waals surface area (Å²) in [5.74, 6) is 1.54. The lowest BCUT2D eigenvalue weighted by Gasteiger charge is -2.10. The molecule has 0 rings (SSSR count). The van der Waals surface area contributed by atoms with Crippen LogP contribution in [0.5, 0.6) is 0 Å². The largest absolute Gasteiger partial charge is 0.382 e. The maximum absolute atomic E-state index is 5.69. The van der Waals surface area contributed by atoms with Crippen molar-refractivity contribution in [1.29, 1.82) is 0 Å². The number of methoxy groups -OCH3 is 1. The Balaban J connectivity index is 3.04. The van der Waals surface area contributed by atoms with Gasteiger partial charge in [-0.05, 0) is 12.3 Å². The van der Waals surface area contributed by atoms with Crippen molar-refractivity contribution in [2.45, 2.75) is 6.42 Å². The van der Waals surface area contributed by atoms with Gasteiger partial charge in [0, 0.05) is 25.5 Å². The van der Waals surface area contributed by atoms with E-state index >= 15 is 0 Å². The highest BCUT2D eigenvalue weighted by Gasteiger charge is 2.04. The summed E-state index contributed by atoms with van der Waals surface area (Å²) in [6.07, 6.45) is 0.908. The summed E-state index contributed by atoms with van der Waals surface area (Å²) in [4.78, 5) is 0. The van der Waals surface area contributed by atoms with E-state index in [0.717, 1.165) is 6.42 Å². The molecule has 0 unspecified atom stereocenters. The molecule has 0 saturated heterocycles. The van der Waals surface area contributed by atoms with Gasteiger partial charge < -0.3 is 14.2 Å². The molecule has 0 amide bonds. The number of hydrogen-bond acceptors (Lipinski definition) is 3. The van der Waals surface area contributed by atoms with E-state index in [9.17, 15) is 0 Å². The number of halogens is 2. The second-order valence-electron chi connectivity index (χ2n) is 3.18. The van der Waals surface area contributed by atoms with Gasteiger partial charge in [-0.3, -0.25) is 0 Å². The van der Waals surface area contributed by atoms with Crippen LogP contribution in [0.15, 0.2) is 0 Å². The van der Waals surface area contributed by atoms with Crippen molar-refractivity contribution < 1.29 is 14.2 Å². The van der Waals surface area contributed by atoms with E-state index < -0.39 is 0 Å². The van der Waals surface area contributed by atoms with E-state index in [1.165, 1.54) is 0 Å². The molecule has 0 radical (unpaired) electrons. The minimum atomic E-state index is 0.350. The Bertz CT molecular complexity index is 121. The molecule has 0 aliphatic heterocycles. The SMILES string of the molecule is COCCOCCOCCC(CCl)CCl. The molecule has 0 heterocycles. The lowest BCUT2D eigenvalue weighted by Crippen LogP contribution is -2.12. The lowest BCUT2D eigenvalue weighted by atomic mass is 10.1. The van der Waals surface area contributed by atoms with Crippen LogP contribution in [-0.2, 0) is 14.2 Å². The van der Waals surface area contributed by atoms with Crippen molar-refractivity contribution in [3.8, 4) is 0 Å². The van der Waals surface area contributed by atoms with Crippen LogP contribution >= 0.6 is 23.2 Å². The van der Waals surface area contributed by atoms with Crippen LogP contribution in [0.1, 0.15) is 6.42 Å². The molecule has 0 spiro atoms. The summed E-state index contributed by atoms with van der Waals surface area (Å²) < 4.78 is 15.4. The molecule has 0 aromatic carbocycles. The number of rotatable bonds is 11. The monoisotopic (exact) mass is 258 g/mol. The Morgan fingerprint density at radius 3 is 1.93 bits per heavy atom. The fourth-order valence-corrected chi connectivity index (χ4v) is 1.55. The molecule has 0 fully saturated rings. The van der Waals surface area contributed by atoms with Crippen molar-refractivity contribution in [2.24, 2.45) is 5.92 Å². The topological polar surface area (TPSA) is 27.7 Å². The van der Waals surface area contributed by atoms with E-state index in [0.29, 0.717) is 50.7 Å². The predicted molar refractivity (Wildman–Crippen MR) is 63.1 cm³/mol. The van der Waals surface area contributed by atoms with Gasteiger partial charge in [0.25, 0.3) is 0 Å². The molecule has 3 nitrogen and oxygen atoms in total. The van der Waals surface area contributed by atoms with Gasteiger partial charge in [0.2, 0.25) is 0 Å². The minimum Gasteiger partial charge on any atom is -0.382 e. The van der Waals surface area contributed by atoms with Crippen molar-refractivity contribution in [2.75, 3.05) is 51.9 Å². The highest BCUT2D eigenvalue weighted by molar-refractivity contribution is 6.20. The summed E-state index contributed by atoms with van der Waals surface area (Å²) in [6, 6.07) is 0. The van der Waals surface area contributed by atoms with E-state index in [4.69, 9.17) is 37.4 Å². The van der Waals surface area contributed by atoms with Crippen LogP contribution in [0.3, 0.4) is 0 Å². The fourth-order valence-electron chi connectivity index (χ4n) is 0.910. The summed E-state index contributed by atoms with van der Waals surface area (Å²) in [5, 5.41) is 0. The third-order valence-corrected chi connectivity index (χ3v) is 2.78. The lowest BCUT2D eigenvalue weighted by molar-refractivity contribution is 0.0227. The van der Waals surface area contributed by atoms with Gasteiger partial charge in [-0.1, -0.05) is 0 Å². The van der Waals surface area contributed by atoms with E-state index in [1.54, 1.807) is 7.11 Å². The standard InChI is InChI=1S/C10H20Cl2O3/c1-13-4-5-15-7-6-14-3-2-10(8-11)9-12/h10H,2-9H2,1H3. The average molecular weight is 259 g/mol. The van der Waals surface area contributed by atoms with Crippen molar-refractivity contribution in [3.63, 3.8) is 0 Å². The number of alkyl halides is 2. The quantitative estimate of drug-likeness (QED) is 0.420. The van der Waals surface area contributed by atoms with Gasteiger partial charge in [-0.25, -0.2) is 0 Å². The average Bonchev–Trinajstić information content (AvgIpc) is 2.27. The first kappa shape index (κ1) is 15.5. The summed E-state index contributed by atoms with van der Waals surface area (Å²) in [6.45, 7) is 3.15. The molecule has 5 heteroatoms. The van der Waals surface area contributed by atoms with E-state index in [2.05, 4.69) is 0 Å². The smallest absolute Gasteiger partial charge is 0.0701 e. The molecule has 0 aromatic heterocycles. The Labute approximate surface area is 102 Å². The summed E-state index contributed by atoms with van der Waals surface area (Å²) in [5.41, 5.74) is 0. The van der Waals surface area contributed by atoms with Gasteiger partial charge in [0.1, 0.15) is 0 Å². The van der Waals surface area contributed by atoms with Crippen LogP contribution < -0.4 is 0 Å². The second-order valence-corrected chi connectivity index (χ2v) is 3.80. The van der Waals surface area contributed by atoms with Crippen molar-refractivity contribution in [3.05, 3.63) is 0 Å². The molecule has 15 heavy (non-hydrogen) atoms. The molecule has 0 aromatic rings. The molecule has 0 saturated carbocycles. The zero-order valence-corrected chi connectivity index (χ0v) is 10.7. The van der Waals surface area contributed by atoms with E-state index in [1.807, 2.05) is 0 Å². The van der Waals surface area contributed by atoms with Gasteiger partial charge >= 0.3 is 0 Å². The second kappa shape index (κ2) is 12.5. The predicted octanol–water partition coefficient (Wildman–Crippen LogP) is 2.15. The third-order valence-electron chi connectivity index (χ3n) is 1.91. The third kappa shape index (κ3) is 10.7. The molecule has 0 N–H and O–H groups in total. The van der Waals surface area contributed by atoms with Gasteiger partial charge in [-0.2, -0.15) is 0 Å². The molecule has 0 atom stereocenters. The Hall–Kier alpha value is 0.460.